The van der Waals surface area contributed by atoms with E-state index in [0.29, 0.717) is 0 Å². The molecule has 0 radical (unpaired) electrons. The van der Waals surface area contributed by atoms with Crippen LogP contribution in [0.15, 0.2) is 11.8 Å². The number of allylic oxidation sites excluding steroid dienone is 1. The first kappa shape index (κ1) is 12.9. The maximum Gasteiger partial charge on any atom is 0.0796 e. The van der Waals surface area contributed by atoms with Crippen LogP contribution in [0.1, 0.15) is 33.6 Å². The summed E-state index contributed by atoms with van der Waals surface area (Å²) >= 11 is 0. The largest absolute Gasteiger partial charge is 0.309 e. The maximum atomic E-state index is 2.49. The molecule has 1 nitrogen and oxygen atoms in total. The molecule has 0 rings (SSSR count). The maximum absolute atomic E-state index is 2.49. The summed E-state index contributed by atoms with van der Waals surface area (Å²) in [4.78, 5) is 2.42. The molecule has 0 heterocycles. The zero-order valence-corrected chi connectivity index (χ0v) is 11.0. The molecule has 0 bridgehead atoms. The van der Waals surface area contributed by atoms with Gasteiger partial charge in [-0.2, -0.15) is 0 Å². The Bertz CT molecular complexity index is 143. The normalized spacial score (nSPS) is 16.8. The van der Waals surface area contributed by atoms with E-state index in [1.807, 2.05) is 0 Å². The van der Waals surface area contributed by atoms with Crippen molar-refractivity contribution in [2.24, 2.45) is 0 Å². The number of hydrogen-bond acceptors (Lipinski definition) is 1. The molecule has 0 aliphatic rings. The Balaban J connectivity index is 4.29. The van der Waals surface area contributed by atoms with Crippen LogP contribution in [-0.4, -0.2) is 33.5 Å². The van der Waals surface area contributed by atoms with E-state index in [2.05, 4.69) is 51.5 Å². The van der Waals surface area contributed by atoms with Crippen molar-refractivity contribution in [1.29, 1.82) is 0 Å². The van der Waals surface area contributed by atoms with Gasteiger partial charge in [0.25, 0.3) is 0 Å². The topological polar surface area (TPSA) is 3.24 Å². The van der Waals surface area contributed by atoms with Gasteiger partial charge in [0.05, 0.1) is 8.80 Å². The molecule has 0 spiro atoms. The monoisotopic (exact) mass is 199 g/mol. The van der Waals surface area contributed by atoms with Gasteiger partial charge in [0.1, 0.15) is 0 Å². The van der Waals surface area contributed by atoms with Gasteiger partial charge in [-0.3, -0.25) is 0 Å². The van der Waals surface area contributed by atoms with Crippen LogP contribution in [0.5, 0.6) is 0 Å². The predicted molar refractivity (Wildman–Crippen MR) is 64.8 cm³/mol. The van der Waals surface area contributed by atoms with Gasteiger partial charge >= 0.3 is 0 Å². The summed E-state index contributed by atoms with van der Waals surface area (Å²) < 4.78 is 0. The second kappa shape index (κ2) is 7.33. The fraction of sp³-hybridized carbons (Fsp3) is 0.818. The molecular weight excluding hydrogens is 174 g/mol. The van der Waals surface area contributed by atoms with Crippen LogP contribution in [0, 0.1) is 0 Å². The first-order chi connectivity index (χ1) is 6.17. The van der Waals surface area contributed by atoms with E-state index in [1.165, 1.54) is 18.9 Å². The quantitative estimate of drug-likeness (QED) is 0.594. The third-order valence-electron chi connectivity index (χ3n) is 2.65. The van der Waals surface area contributed by atoms with Crippen LogP contribution in [0.4, 0.5) is 0 Å². The second-order valence-electron chi connectivity index (χ2n) is 3.92. The van der Waals surface area contributed by atoms with E-state index >= 15 is 0 Å². The summed E-state index contributed by atoms with van der Waals surface area (Å²) in [7, 11) is 3.79. The number of hydrogen-bond donors (Lipinski definition) is 0. The van der Waals surface area contributed by atoms with Gasteiger partial charge in [-0.25, -0.2) is 0 Å². The summed E-state index contributed by atoms with van der Waals surface area (Å²) in [6, 6.07) is 1.38. The van der Waals surface area contributed by atoms with E-state index in [-0.39, 0.29) is 0 Å². The van der Waals surface area contributed by atoms with Crippen molar-refractivity contribution < 1.29 is 0 Å². The zero-order valence-electron chi connectivity index (χ0n) is 9.88. The fourth-order valence-electron chi connectivity index (χ4n) is 1.93. The van der Waals surface area contributed by atoms with Gasteiger partial charge in [-0.05, 0) is 27.4 Å². The minimum Gasteiger partial charge on any atom is -0.309 e. The van der Waals surface area contributed by atoms with Crippen LogP contribution in [0.3, 0.4) is 0 Å². The number of rotatable bonds is 6. The van der Waals surface area contributed by atoms with Crippen LogP contribution >= 0.6 is 0 Å². The smallest absolute Gasteiger partial charge is 0.0796 e. The molecule has 0 amide bonds. The molecule has 0 aromatic heterocycles. The standard InChI is InChI=1S/C11H25NSi/c1-6-9-11(12(4)5)13(8-3)10-7-2/h7,10-11,13H,6,8-9H2,1-5H3/b10-7-. The number of nitrogens with zero attached hydrogens (tertiary/aromatic N) is 1. The molecule has 0 aromatic carbocycles. The first-order valence-electron chi connectivity index (χ1n) is 5.46. The van der Waals surface area contributed by atoms with Gasteiger partial charge < -0.3 is 4.90 Å². The van der Waals surface area contributed by atoms with Gasteiger partial charge in [0, 0.05) is 5.67 Å². The molecule has 0 aliphatic heterocycles. The Labute approximate surface area is 85.4 Å². The molecule has 2 unspecified atom stereocenters. The Kier molecular flexibility index (Phi) is 7.29. The first-order valence-corrected chi connectivity index (χ1v) is 7.61. The van der Waals surface area contributed by atoms with Gasteiger partial charge in [0.15, 0.2) is 0 Å². The van der Waals surface area contributed by atoms with Crippen molar-refractivity contribution in [3.8, 4) is 0 Å². The van der Waals surface area contributed by atoms with E-state index in [4.69, 9.17) is 0 Å². The van der Waals surface area contributed by atoms with E-state index in [1.54, 1.807) is 0 Å². The SMILES string of the molecule is C/C=C\[SiH](CC)C(CCC)N(C)C. The molecule has 0 fully saturated rings. The van der Waals surface area contributed by atoms with Crippen LogP contribution in [0.25, 0.3) is 0 Å². The zero-order chi connectivity index (χ0) is 10.3. The lowest BCUT2D eigenvalue weighted by Gasteiger charge is -2.28. The lowest BCUT2D eigenvalue weighted by atomic mass is 10.3. The van der Waals surface area contributed by atoms with E-state index in [0.717, 1.165) is 5.67 Å². The summed E-state index contributed by atoms with van der Waals surface area (Å²) in [6.45, 7) is 6.77. The van der Waals surface area contributed by atoms with Crippen LogP contribution in [0.2, 0.25) is 6.04 Å². The molecule has 0 N–H and O–H groups in total. The van der Waals surface area contributed by atoms with Crippen LogP contribution in [-0.2, 0) is 0 Å². The molecule has 0 saturated carbocycles. The molecular formula is C11H25NSi. The highest BCUT2D eigenvalue weighted by molar-refractivity contribution is 6.65. The Hall–Kier alpha value is -0.0831. The second-order valence-corrected chi connectivity index (χ2v) is 7.22. The van der Waals surface area contributed by atoms with Gasteiger partial charge in [-0.1, -0.05) is 32.4 Å². The van der Waals surface area contributed by atoms with E-state index < -0.39 is 8.80 Å². The summed E-state index contributed by atoms with van der Waals surface area (Å²) in [5.41, 5.74) is 3.34. The third kappa shape index (κ3) is 4.63. The van der Waals surface area contributed by atoms with Crippen molar-refractivity contribution in [1.82, 2.24) is 4.90 Å². The molecule has 13 heavy (non-hydrogen) atoms. The van der Waals surface area contributed by atoms with Crippen molar-refractivity contribution in [2.45, 2.75) is 45.3 Å². The van der Waals surface area contributed by atoms with Crippen molar-refractivity contribution >= 4 is 8.80 Å². The molecule has 0 aromatic rings. The summed E-state index contributed by atoms with van der Waals surface area (Å²) in [5, 5.41) is 0. The molecule has 0 aliphatic carbocycles. The highest BCUT2D eigenvalue weighted by atomic mass is 28.3. The summed E-state index contributed by atoms with van der Waals surface area (Å²) in [5.74, 6) is 0. The lowest BCUT2D eigenvalue weighted by molar-refractivity contribution is 0.350. The summed E-state index contributed by atoms with van der Waals surface area (Å²) in [6.07, 6.45) is 4.92. The lowest BCUT2D eigenvalue weighted by Crippen LogP contribution is -2.40. The molecule has 2 atom stereocenters. The van der Waals surface area contributed by atoms with Crippen molar-refractivity contribution in [3.63, 3.8) is 0 Å². The van der Waals surface area contributed by atoms with Crippen LogP contribution < -0.4 is 0 Å². The molecule has 78 valence electrons. The fourth-order valence-corrected chi connectivity index (χ4v) is 5.03. The Morgan fingerprint density at radius 3 is 2.23 bits per heavy atom. The highest BCUT2D eigenvalue weighted by Gasteiger charge is 2.19. The van der Waals surface area contributed by atoms with Crippen molar-refractivity contribution in [3.05, 3.63) is 11.8 Å². The van der Waals surface area contributed by atoms with Crippen molar-refractivity contribution in [2.75, 3.05) is 14.1 Å². The minimum atomic E-state index is -0.658. The van der Waals surface area contributed by atoms with E-state index in [9.17, 15) is 0 Å². The third-order valence-corrected chi connectivity index (χ3v) is 6.39. The molecule has 0 saturated heterocycles. The Morgan fingerprint density at radius 1 is 1.31 bits per heavy atom. The average Bonchev–Trinajstić information content (AvgIpc) is 2.10. The van der Waals surface area contributed by atoms with Gasteiger partial charge in [-0.15, -0.1) is 5.70 Å². The van der Waals surface area contributed by atoms with Gasteiger partial charge in [0.2, 0.25) is 0 Å². The molecule has 2 heteroatoms. The average molecular weight is 199 g/mol. The predicted octanol–water partition coefficient (Wildman–Crippen LogP) is 2.62. The highest BCUT2D eigenvalue weighted by Crippen LogP contribution is 2.11. The Morgan fingerprint density at radius 2 is 1.92 bits per heavy atom. The minimum absolute atomic E-state index is 0.658.